The van der Waals surface area contributed by atoms with E-state index in [9.17, 15) is 14.0 Å². The Morgan fingerprint density at radius 3 is 2.75 bits per heavy atom. The van der Waals surface area contributed by atoms with Crippen LogP contribution in [0.15, 0.2) is 18.3 Å². The predicted octanol–water partition coefficient (Wildman–Crippen LogP) is 1.35. The summed E-state index contributed by atoms with van der Waals surface area (Å²) in [6.45, 7) is 1.88. The molecule has 0 saturated carbocycles. The summed E-state index contributed by atoms with van der Waals surface area (Å²) in [7, 11) is 0. The first-order chi connectivity index (χ1) is 9.66. The van der Waals surface area contributed by atoms with Crippen LogP contribution in [0, 0.1) is 5.95 Å². The Morgan fingerprint density at radius 2 is 2.05 bits per heavy atom. The Bertz CT molecular complexity index is 487. The fourth-order valence-corrected chi connectivity index (χ4v) is 2.23. The maximum atomic E-state index is 12.9. The number of nitrogens with one attached hydrogen (secondary N) is 1. The molecule has 0 aromatic carbocycles. The second kappa shape index (κ2) is 6.98. The molecular weight excluding hydrogens is 261 g/mol. The van der Waals surface area contributed by atoms with Crippen molar-refractivity contribution in [1.29, 1.82) is 0 Å². The Balaban J connectivity index is 1.75. The smallest absolute Gasteiger partial charge is 0.251 e. The van der Waals surface area contributed by atoms with E-state index in [0.717, 1.165) is 32.0 Å². The fourth-order valence-electron chi connectivity index (χ4n) is 2.23. The van der Waals surface area contributed by atoms with Crippen molar-refractivity contribution in [2.45, 2.75) is 25.7 Å². The number of pyridine rings is 1. The van der Waals surface area contributed by atoms with E-state index in [4.69, 9.17) is 0 Å². The summed E-state index contributed by atoms with van der Waals surface area (Å²) in [5.41, 5.74) is 0.211. The summed E-state index contributed by atoms with van der Waals surface area (Å²) in [6.07, 6.45) is 4.79. The molecule has 1 aromatic rings. The van der Waals surface area contributed by atoms with Gasteiger partial charge in [-0.3, -0.25) is 9.59 Å². The number of halogens is 1. The molecule has 1 aliphatic rings. The molecule has 1 N–H and O–H groups in total. The summed E-state index contributed by atoms with van der Waals surface area (Å²) in [5, 5.41) is 2.62. The van der Waals surface area contributed by atoms with E-state index < -0.39 is 11.9 Å². The molecule has 2 amide bonds. The molecule has 2 heterocycles. The minimum atomic E-state index is -0.693. The third-order valence-corrected chi connectivity index (χ3v) is 3.32. The van der Waals surface area contributed by atoms with Crippen molar-refractivity contribution >= 4 is 11.8 Å². The third kappa shape index (κ3) is 4.01. The fraction of sp³-hybridized carbons (Fsp3) is 0.500. The molecule has 1 fully saturated rings. The highest BCUT2D eigenvalue weighted by Gasteiger charge is 2.16. The summed E-state index contributed by atoms with van der Waals surface area (Å²) in [5.74, 6) is -1.02. The standard InChI is InChI=1S/C14H18FN3O2/c15-12-10-11(4-6-16-12)14(20)17-7-5-13(19)18-8-2-1-3-9-18/h4,6,10H,1-3,5,7-9H2,(H,17,20). The van der Waals surface area contributed by atoms with Gasteiger partial charge in [0.25, 0.3) is 5.91 Å². The lowest BCUT2D eigenvalue weighted by Crippen LogP contribution is -2.37. The molecule has 0 atom stereocenters. The van der Waals surface area contributed by atoms with Crippen LogP contribution in [0.2, 0.25) is 0 Å². The van der Waals surface area contributed by atoms with Gasteiger partial charge in [-0.25, -0.2) is 4.98 Å². The average Bonchev–Trinajstić information content (AvgIpc) is 2.48. The first-order valence-electron chi connectivity index (χ1n) is 6.84. The van der Waals surface area contributed by atoms with Crippen molar-refractivity contribution < 1.29 is 14.0 Å². The van der Waals surface area contributed by atoms with Crippen LogP contribution >= 0.6 is 0 Å². The maximum absolute atomic E-state index is 12.9. The average molecular weight is 279 g/mol. The number of nitrogens with zero attached hydrogens (tertiary/aromatic N) is 2. The third-order valence-electron chi connectivity index (χ3n) is 3.32. The highest BCUT2D eigenvalue weighted by Crippen LogP contribution is 2.09. The molecule has 2 rings (SSSR count). The maximum Gasteiger partial charge on any atom is 0.251 e. The number of hydrogen-bond acceptors (Lipinski definition) is 3. The van der Waals surface area contributed by atoms with Gasteiger partial charge < -0.3 is 10.2 Å². The number of carbonyl (C=O) groups is 2. The number of hydrogen-bond donors (Lipinski definition) is 1. The highest BCUT2D eigenvalue weighted by molar-refractivity contribution is 5.94. The molecule has 6 heteroatoms. The molecule has 0 aliphatic carbocycles. The van der Waals surface area contributed by atoms with Crippen LogP contribution in [0.5, 0.6) is 0 Å². The molecule has 0 bridgehead atoms. The van der Waals surface area contributed by atoms with Crippen molar-refractivity contribution in [2.75, 3.05) is 19.6 Å². The van der Waals surface area contributed by atoms with E-state index >= 15 is 0 Å². The van der Waals surface area contributed by atoms with E-state index in [0.29, 0.717) is 0 Å². The Labute approximate surface area is 117 Å². The molecule has 0 radical (unpaired) electrons. The molecule has 1 saturated heterocycles. The van der Waals surface area contributed by atoms with E-state index in [1.54, 1.807) is 0 Å². The van der Waals surface area contributed by atoms with Crippen molar-refractivity contribution in [3.05, 3.63) is 29.8 Å². The molecule has 0 spiro atoms. The number of piperidine rings is 1. The van der Waals surface area contributed by atoms with Gasteiger partial charge in [-0.15, -0.1) is 0 Å². The minimum absolute atomic E-state index is 0.0610. The molecule has 1 aliphatic heterocycles. The van der Waals surface area contributed by atoms with Gasteiger partial charge in [-0.05, 0) is 25.3 Å². The predicted molar refractivity (Wildman–Crippen MR) is 71.6 cm³/mol. The van der Waals surface area contributed by atoms with Gasteiger partial charge in [-0.1, -0.05) is 0 Å². The van der Waals surface area contributed by atoms with E-state index in [1.165, 1.54) is 18.7 Å². The van der Waals surface area contributed by atoms with Gasteiger partial charge in [0.1, 0.15) is 0 Å². The summed E-state index contributed by atoms with van der Waals surface area (Å²) in [6, 6.07) is 2.51. The zero-order valence-corrected chi connectivity index (χ0v) is 11.3. The van der Waals surface area contributed by atoms with Crippen molar-refractivity contribution in [2.24, 2.45) is 0 Å². The van der Waals surface area contributed by atoms with Crippen molar-refractivity contribution in [3.8, 4) is 0 Å². The lowest BCUT2D eigenvalue weighted by molar-refractivity contribution is -0.131. The lowest BCUT2D eigenvalue weighted by Gasteiger charge is -2.26. The van der Waals surface area contributed by atoms with Crippen LogP contribution < -0.4 is 5.32 Å². The SMILES string of the molecule is O=C(NCCC(=O)N1CCCCC1)c1ccnc(F)c1. The molecular formula is C14H18FN3O2. The van der Waals surface area contributed by atoms with E-state index in [-0.39, 0.29) is 24.4 Å². The van der Waals surface area contributed by atoms with Crippen molar-refractivity contribution in [3.63, 3.8) is 0 Å². The van der Waals surface area contributed by atoms with Gasteiger partial charge in [0.05, 0.1) is 0 Å². The van der Waals surface area contributed by atoms with Gasteiger partial charge >= 0.3 is 0 Å². The first-order valence-corrected chi connectivity index (χ1v) is 6.84. The largest absolute Gasteiger partial charge is 0.352 e. The quantitative estimate of drug-likeness (QED) is 0.846. The topological polar surface area (TPSA) is 62.3 Å². The van der Waals surface area contributed by atoms with E-state index in [2.05, 4.69) is 10.3 Å². The Kier molecular flexibility index (Phi) is 5.03. The van der Waals surface area contributed by atoms with Crippen LogP contribution in [-0.4, -0.2) is 41.3 Å². The Morgan fingerprint density at radius 1 is 1.30 bits per heavy atom. The van der Waals surface area contributed by atoms with Gasteiger partial charge in [0.2, 0.25) is 11.9 Å². The van der Waals surface area contributed by atoms with Gasteiger partial charge in [0, 0.05) is 43.9 Å². The lowest BCUT2D eigenvalue weighted by atomic mass is 10.1. The highest BCUT2D eigenvalue weighted by atomic mass is 19.1. The Hall–Kier alpha value is -1.98. The molecule has 20 heavy (non-hydrogen) atoms. The first kappa shape index (κ1) is 14.4. The van der Waals surface area contributed by atoms with Crippen LogP contribution in [0.3, 0.4) is 0 Å². The molecule has 0 unspecified atom stereocenters. The number of likely N-dealkylation sites (tertiary alicyclic amines) is 1. The second-order valence-corrected chi connectivity index (χ2v) is 4.81. The van der Waals surface area contributed by atoms with Crippen LogP contribution in [-0.2, 0) is 4.79 Å². The molecule has 108 valence electrons. The van der Waals surface area contributed by atoms with Crippen LogP contribution in [0.1, 0.15) is 36.0 Å². The van der Waals surface area contributed by atoms with Gasteiger partial charge in [0.15, 0.2) is 0 Å². The monoisotopic (exact) mass is 279 g/mol. The van der Waals surface area contributed by atoms with E-state index in [1.807, 2.05) is 4.90 Å². The summed E-state index contributed by atoms with van der Waals surface area (Å²) in [4.78, 5) is 28.8. The summed E-state index contributed by atoms with van der Waals surface area (Å²) < 4.78 is 12.9. The molecule has 1 aromatic heterocycles. The summed E-state index contributed by atoms with van der Waals surface area (Å²) >= 11 is 0. The number of rotatable bonds is 4. The van der Waals surface area contributed by atoms with Crippen LogP contribution in [0.25, 0.3) is 0 Å². The normalized spacial score (nSPS) is 14.9. The zero-order valence-electron chi connectivity index (χ0n) is 11.3. The number of amides is 2. The second-order valence-electron chi connectivity index (χ2n) is 4.81. The zero-order chi connectivity index (χ0) is 14.4. The number of aromatic nitrogens is 1. The minimum Gasteiger partial charge on any atom is -0.352 e. The van der Waals surface area contributed by atoms with Gasteiger partial charge in [-0.2, -0.15) is 4.39 Å². The number of carbonyl (C=O) groups excluding carboxylic acids is 2. The molecule has 5 nitrogen and oxygen atoms in total. The van der Waals surface area contributed by atoms with Crippen LogP contribution in [0.4, 0.5) is 4.39 Å². The van der Waals surface area contributed by atoms with Crippen molar-refractivity contribution in [1.82, 2.24) is 15.2 Å².